The summed E-state index contributed by atoms with van der Waals surface area (Å²) in [6, 6.07) is 6.81. The number of nitrogens with one attached hydrogen (secondary N) is 1. The second-order valence-electron chi connectivity index (χ2n) is 3.03. The van der Waals surface area contributed by atoms with Gasteiger partial charge in [0.2, 0.25) is 0 Å². The lowest BCUT2D eigenvalue weighted by Crippen LogP contribution is -2.09. The molecule has 0 atom stereocenters. The van der Waals surface area contributed by atoms with Gasteiger partial charge in [0.1, 0.15) is 17.5 Å². The lowest BCUT2D eigenvalue weighted by molar-refractivity contribution is 0.628. The predicted octanol–water partition coefficient (Wildman–Crippen LogP) is 1.16. The van der Waals surface area contributed by atoms with E-state index in [1.807, 2.05) is 0 Å². The summed E-state index contributed by atoms with van der Waals surface area (Å²) in [6.45, 7) is 0. The topological polar surface area (TPSA) is 71.8 Å². The number of benzene rings is 1. The second kappa shape index (κ2) is 3.53. The smallest absolute Gasteiger partial charge is 0.253 e. The highest BCUT2D eigenvalue weighted by molar-refractivity contribution is 5.55. The molecule has 2 aromatic rings. The van der Waals surface area contributed by atoms with Crippen molar-refractivity contribution in [3.8, 4) is 11.4 Å². The summed E-state index contributed by atoms with van der Waals surface area (Å²) in [7, 11) is 0. The van der Waals surface area contributed by atoms with Gasteiger partial charge in [-0.2, -0.15) is 0 Å². The van der Waals surface area contributed by atoms with Crippen LogP contribution in [0.15, 0.2) is 35.1 Å². The van der Waals surface area contributed by atoms with Gasteiger partial charge in [-0.3, -0.25) is 4.79 Å². The van der Waals surface area contributed by atoms with Crippen molar-refractivity contribution >= 4 is 5.82 Å². The number of halogens is 1. The highest BCUT2D eigenvalue weighted by atomic mass is 19.1. The first-order valence-electron chi connectivity index (χ1n) is 4.28. The first-order valence-corrected chi connectivity index (χ1v) is 4.28. The van der Waals surface area contributed by atoms with Crippen LogP contribution in [0.2, 0.25) is 0 Å². The number of H-pyrrole nitrogens is 1. The zero-order valence-corrected chi connectivity index (χ0v) is 7.70. The Hall–Kier alpha value is -2.17. The molecule has 0 amide bonds. The van der Waals surface area contributed by atoms with Crippen LogP contribution in [0, 0.1) is 5.82 Å². The molecule has 76 valence electrons. The molecule has 1 aromatic heterocycles. The molecular weight excluding hydrogens is 197 g/mol. The van der Waals surface area contributed by atoms with Gasteiger partial charge in [0, 0.05) is 11.6 Å². The maximum atomic E-state index is 12.6. The molecule has 0 bridgehead atoms. The van der Waals surface area contributed by atoms with Crippen LogP contribution in [-0.2, 0) is 0 Å². The molecule has 0 spiro atoms. The molecule has 0 fully saturated rings. The molecular formula is C10H8FN3O. The highest BCUT2D eigenvalue weighted by Crippen LogP contribution is 2.14. The number of nitrogen functional groups attached to an aromatic ring is 1. The molecule has 0 unspecified atom stereocenters. The van der Waals surface area contributed by atoms with Gasteiger partial charge in [-0.15, -0.1) is 0 Å². The molecule has 0 saturated heterocycles. The number of aromatic amines is 1. The van der Waals surface area contributed by atoms with Gasteiger partial charge >= 0.3 is 0 Å². The average molecular weight is 205 g/mol. The quantitative estimate of drug-likeness (QED) is 0.733. The minimum atomic E-state index is -0.343. The Labute approximate surface area is 84.6 Å². The summed E-state index contributed by atoms with van der Waals surface area (Å²) in [6.07, 6.45) is 0. The van der Waals surface area contributed by atoms with E-state index >= 15 is 0 Å². The Morgan fingerprint density at radius 1 is 1.27 bits per heavy atom. The van der Waals surface area contributed by atoms with Gasteiger partial charge in [0.15, 0.2) is 0 Å². The molecule has 3 N–H and O–H groups in total. The van der Waals surface area contributed by atoms with Crippen LogP contribution in [0.5, 0.6) is 0 Å². The summed E-state index contributed by atoms with van der Waals surface area (Å²) in [4.78, 5) is 17.6. The molecule has 2 rings (SSSR count). The zero-order chi connectivity index (χ0) is 10.8. The van der Waals surface area contributed by atoms with E-state index in [0.717, 1.165) is 0 Å². The van der Waals surface area contributed by atoms with E-state index in [1.54, 1.807) is 0 Å². The van der Waals surface area contributed by atoms with Gasteiger partial charge in [0.05, 0.1) is 0 Å². The summed E-state index contributed by atoms with van der Waals surface area (Å²) < 4.78 is 12.6. The molecule has 0 aliphatic heterocycles. The van der Waals surface area contributed by atoms with Crippen LogP contribution in [0.4, 0.5) is 10.2 Å². The Morgan fingerprint density at radius 2 is 1.93 bits per heavy atom. The molecule has 4 nitrogen and oxygen atoms in total. The maximum absolute atomic E-state index is 12.6. The van der Waals surface area contributed by atoms with Crippen LogP contribution in [0.1, 0.15) is 0 Å². The van der Waals surface area contributed by atoms with Crippen molar-refractivity contribution in [1.82, 2.24) is 9.97 Å². The number of hydrogen-bond acceptors (Lipinski definition) is 3. The maximum Gasteiger partial charge on any atom is 0.253 e. The van der Waals surface area contributed by atoms with E-state index in [9.17, 15) is 9.18 Å². The third kappa shape index (κ3) is 2.01. The van der Waals surface area contributed by atoms with Crippen molar-refractivity contribution in [2.75, 3.05) is 5.73 Å². The van der Waals surface area contributed by atoms with E-state index in [0.29, 0.717) is 11.4 Å². The van der Waals surface area contributed by atoms with E-state index < -0.39 is 0 Å². The normalized spacial score (nSPS) is 10.2. The molecule has 0 aliphatic carbocycles. The fraction of sp³-hybridized carbons (Fsp3) is 0. The molecule has 5 heteroatoms. The first-order chi connectivity index (χ1) is 7.15. The molecule has 0 aliphatic rings. The fourth-order valence-electron chi connectivity index (χ4n) is 1.22. The van der Waals surface area contributed by atoms with Gasteiger partial charge in [-0.25, -0.2) is 9.37 Å². The van der Waals surface area contributed by atoms with Crippen LogP contribution in [0.3, 0.4) is 0 Å². The van der Waals surface area contributed by atoms with E-state index in [1.165, 1.54) is 30.3 Å². The second-order valence-corrected chi connectivity index (χ2v) is 3.03. The largest absolute Gasteiger partial charge is 0.383 e. The van der Waals surface area contributed by atoms with E-state index in [4.69, 9.17) is 5.73 Å². The predicted molar refractivity (Wildman–Crippen MR) is 54.7 cm³/mol. The Kier molecular flexibility index (Phi) is 2.21. The molecule has 1 heterocycles. The van der Waals surface area contributed by atoms with Crippen LogP contribution >= 0.6 is 0 Å². The third-order valence-electron chi connectivity index (χ3n) is 1.88. The van der Waals surface area contributed by atoms with Crippen LogP contribution in [-0.4, -0.2) is 9.97 Å². The summed E-state index contributed by atoms with van der Waals surface area (Å²) in [5.41, 5.74) is 5.70. The Morgan fingerprint density at radius 3 is 2.53 bits per heavy atom. The Balaban J connectivity index is 2.54. The fourth-order valence-corrected chi connectivity index (χ4v) is 1.22. The lowest BCUT2D eigenvalue weighted by Gasteiger charge is -2.00. The van der Waals surface area contributed by atoms with Crippen molar-refractivity contribution in [2.45, 2.75) is 0 Å². The van der Waals surface area contributed by atoms with Crippen molar-refractivity contribution in [2.24, 2.45) is 0 Å². The minimum absolute atomic E-state index is 0.137. The SMILES string of the molecule is Nc1cc(=O)[nH]c(-c2ccc(F)cc2)n1. The van der Waals surface area contributed by atoms with Crippen LogP contribution in [0.25, 0.3) is 11.4 Å². The molecule has 0 radical (unpaired) electrons. The van der Waals surface area contributed by atoms with Crippen molar-refractivity contribution < 1.29 is 4.39 Å². The van der Waals surface area contributed by atoms with Crippen molar-refractivity contribution in [3.63, 3.8) is 0 Å². The monoisotopic (exact) mass is 205 g/mol. The number of rotatable bonds is 1. The summed E-state index contributed by atoms with van der Waals surface area (Å²) in [5.74, 6) is 0.128. The number of anilines is 1. The highest BCUT2D eigenvalue weighted by Gasteiger charge is 2.01. The van der Waals surface area contributed by atoms with E-state index in [-0.39, 0.29) is 17.2 Å². The summed E-state index contributed by atoms with van der Waals surface area (Å²) >= 11 is 0. The Bertz CT molecular complexity index is 533. The summed E-state index contributed by atoms with van der Waals surface area (Å²) in [5, 5.41) is 0. The average Bonchev–Trinajstić information content (AvgIpc) is 2.17. The first kappa shape index (κ1) is 9.39. The number of aromatic nitrogens is 2. The number of hydrogen-bond donors (Lipinski definition) is 2. The zero-order valence-electron chi connectivity index (χ0n) is 7.70. The third-order valence-corrected chi connectivity index (χ3v) is 1.88. The molecule has 15 heavy (non-hydrogen) atoms. The lowest BCUT2D eigenvalue weighted by atomic mass is 10.2. The standard InChI is InChI=1S/C10H8FN3O/c11-7-3-1-6(2-4-7)10-13-8(12)5-9(15)14-10/h1-5H,(H3,12,13,14,15). The minimum Gasteiger partial charge on any atom is -0.383 e. The molecule has 0 saturated carbocycles. The van der Waals surface area contributed by atoms with Crippen LogP contribution < -0.4 is 11.3 Å². The van der Waals surface area contributed by atoms with Gasteiger partial charge in [-0.1, -0.05) is 0 Å². The van der Waals surface area contributed by atoms with Gasteiger partial charge < -0.3 is 10.7 Å². The van der Waals surface area contributed by atoms with Crippen molar-refractivity contribution in [3.05, 3.63) is 46.5 Å². The number of nitrogens with two attached hydrogens (primary N) is 1. The van der Waals surface area contributed by atoms with Crippen molar-refractivity contribution in [1.29, 1.82) is 0 Å². The number of nitrogens with zero attached hydrogens (tertiary/aromatic N) is 1. The van der Waals surface area contributed by atoms with E-state index in [2.05, 4.69) is 9.97 Å². The molecule has 1 aromatic carbocycles. The van der Waals surface area contributed by atoms with Gasteiger partial charge in [-0.05, 0) is 24.3 Å². The van der Waals surface area contributed by atoms with Gasteiger partial charge in [0.25, 0.3) is 5.56 Å².